The number of fused-ring (bicyclic) bond motifs is 8. The number of nitrogens with one attached hydrogen (secondary N) is 2. The monoisotopic (exact) mass is 794 g/mol. The lowest BCUT2D eigenvalue weighted by Crippen LogP contribution is -2.05. The zero-order valence-electron chi connectivity index (χ0n) is 31.6. The third-order valence-corrected chi connectivity index (χ3v) is 10.3. The summed E-state index contributed by atoms with van der Waals surface area (Å²) in [7, 11) is 4.70. The molecule has 0 atom stereocenters. The molecule has 9 rings (SSSR count). The van der Waals surface area contributed by atoms with Crippen molar-refractivity contribution in [1.29, 1.82) is 0 Å². The lowest BCUT2D eigenvalue weighted by Gasteiger charge is -2.10. The van der Waals surface area contributed by atoms with Crippen LogP contribution in [0.4, 0.5) is 22.0 Å². The Kier molecular flexibility index (Phi) is 9.31. The van der Waals surface area contributed by atoms with Gasteiger partial charge in [0, 0.05) is 44.3 Å². The first kappa shape index (κ1) is 37.1. The number of H-pyrrole nitrogens is 2. The van der Waals surface area contributed by atoms with E-state index in [1.165, 1.54) is 12.1 Å². The second-order valence-electron chi connectivity index (χ2n) is 13.6. The van der Waals surface area contributed by atoms with E-state index in [1.54, 1.807) is 57.7 Å². The zero-order valence-corrected chi connectivity index (χ0v) is 31.6. The van der Waals surface area contributed by atoms with E-state index in [2.05, 4.69) is 9.97 Å². The number of halogens is 5. The Hall–Kier alpha value is -7.47. The van der Waals surface area contributed by atoms with Crippen LogP contribution in [0.2, 0.25) is 0 Å². The van der Waals surface area contributed by atoms with Crippen molar-refractivity contribution in [3.63, 3.8) is 0 Å². The highest BCUT2D eigenvalue weighted by atomic mass is 19.2. The Morgan fingerprint density at radius 3 is 0.915 bits per heavy atom. The van der Waals surface area contributed by atoms with Gasteiger partial charge in [-0.15, -0.1) is 0 Å². The highest BCUT2D eigenvalue weighted by Crippen LogP contribution is 2.41. The van der Waals surface area contributed by atoms with Crippen LogP contribution in [0.25, 0.3) is 90.9 Å². The fourth-order valence-corrected chi connectivity index (χ4v) is 7.48. The van der Waals surface area contributed by atoms with E-state index >= 15 is 17.6 Å². The van der Waals surface area contributed by atoms with Gasteiger partial charge in [0.1, 0.15) is 17.2 Å². The number of ether oxygens (including phenoxy) is 3. The number of hydrogen-bond acceptors (Lipinski definition) is 5. The van der Waals surface area contributed by atoms with Crippen LogP contribution in [0, 0.1) is 29.1 Å². The van der Waals surface area contributed by atoms with Crippen LogP contribution in [0.5, 0.6) is 17.2 Å². The van der Waals surface area contributed by atoms with E-state index in [1.807, 2.05) is 72.8 Å². The van der Waals surface area contributed by atoms with Crippen molar-refractivity contribution in [2.24, 2.45) is 0 Å². The van der Waals surface area contributed by atoms with Gasteiger partial charge in [0.15, 0.2) is 23.3 Å². The topological polar surface area (TPSA) is 85.1 Å². The number of aromatic nitrogens is 4. The van der Waals surface area contributed by atoms with E-state index in [0.29, 0.717) is 73.1 Å². The van der Waals surface area contributed by atoms with E-state index in [-0.39, 0.29) is 16.8 Å². The SMILES string of the molecule is COc1ccc(-c2c3nc(c(-c4ccc(OC)cc4)c4ccc([nH]4)c(-c4c(F)c(F)c(F)c(F)c4F)c4nc(c(-c5ccc(OC)cc5)c5ccc2[nH]5)C=C4)C=C3)cc1. The lowest BCUT2D eigenvalue weighted by molar-refractivity contribution is 0.381. The molecule has 0 radical (unpaired) electrons. The van der Waals surface area contributed by atoms with E-state index in [9.17, 15) is 4.39 Å². The van der Waals surface area contributed by atoms with E-state index < -0.39 is 34.6 Å². The first-order valence-corrected chi connectivity index (χ1v) is 18.3. The Bertz CT molecular complexity index is 2970. The average molecular weight is 795 g/mol. The standard InChI is InChI=1S/C47H31F5N4O3/c1-57-27-10-4-24(5-11-27)38-30-16-18-32(53-30)39(25-6-12-28(58-2)13-7-25)34-20-22-36(55-34)41(42-43(48)45(50)47(52)46(51)44(42)49)37-23-21-35(56-37)40(33-19-17-31(38)54-33)26-8-14-29(59-3)15-9-26/h4-23,53,56H,1-3H3. The summed E-state index contributed by atoms with van der Waals surface area (Å²) < 4.78 is 92.5. The minimum Gasteiger partial charge on any atom is -0.497 e. The minimum absolute atomic E-state index is 0.0383. The Balaban J connectivity index is 1.48. The van der Waals surface area contributed by atoms with Crippen LogP contribution < -0.4 is 14.2 Å². The van der Waals surface area contributed by atoms with Gasteiger partial charge in [-0.3, -0.25) is 0 Å². The normalized spacial score (nSPS) is 11.9. The molecule has 3 aromatic heterocycles. The van der Waals surface area contributed by atoms with Crippen molar-refractivity contribution in [3.8, 4) is 61.8 Å². The van der Waals surface area contributed by atoms with Gasteiger partial charge in [-0.05, 0) is 102 Å². The minimum atomic E-state index is -2.27. The predicted molar refractivity (Wildman–Crippen MR) is 220 cm³/mol. The number of nitrogens with zero attached hydrogens (tertiary/aromatic N) is 2. The number of rotatable bonds is 7. The molecule has 59 heavy (non-hydrogen) atoms. The summed E-state index contributed by atoms with van der Waals surface area (Å²) in [5.74, 6) is -8.53. The molecule has 2 aliphatic rings. The van der Waals surface area contributed by atoms with Crippen molar-refractivity contribution in [3.05, 3.63) is 149 Å². The van der Waals surface area contributed by atoms with Crippen molar-refractivity contribution >= 4 is 46.4 Å². The van der Waals surface area contributed by atoms with Gasteiger partial charge in [-0.2, -0.15) is 0 Å². The summed E-state index contributed by atoms with van der Waals surface area (Å²) in [6.07, 6.45) is 6.88. The highest BCUT2D eigenvalue weighted by Gasteiger charge is 2.30. The Morgan fingerprint density at radius 2 is 0.610 bits per heavy atom. The van der Waals surface area contributed by atoms with Crippen molar-refractivity contribution in [2.75, 3.05) is 21.3 Å². The van der Waals surface area contributed by atoms with Crippen LogP contribution >= 0.6 is 0 Å². The molecule has 4 aromatic carbocycles. The van der Waals surface area contributed by atoms with Crippen molar-refractivity contribution in [2.45, 2.75) is 0 Å². The molecule has 0 unspecified atom stereocenters. The van der Waals surface area contributed by atoms with Crippen molar-refractivity contribution in [1.82, 2.24) is 19.9 Å². The maximum Gasteiger partial charge on any atom is 0.200 e. The zero-order chi connectivity index (χ0) is 40.9. The van der Waals surface area contributed by atoms with Gasteiger partial charge in [-0.25, -0.2) is 31.9 Å². The Labute approximate surface area is 333 Å². The molecule has 7 nitrogen and oxygen atoms in total. The number of aromatic amines is 2. The number of methoxy groups -OCH3 is 3. The Morgan fingerprint density at radius 1 is 0.339 bits per heavy atom. The van der Waals surface area contributed by atoms with Gasteiger partial charge < -0.3 is 24.2 Å². The molecule has 2 aliphatic heterocycles. The molecule has 0 saturated carbocycles. The van der Waals surface area contributed by atoms with Crippen LogP contribution in [0.1, 0.15) is 22.8 Å². The van der Waals surface area contributed by atoms with Crippen LogP contribution in [0.3, 0.4) is 0 Å². The highest BCUT2D eigenvalue weighted by molar-refractivity contribution is 6.00. The predicted octanol–water partition coefficient (Wildman–Crippen LogP) is 12.0. The molecular formula is C47H31F5N4O3. The molecule has 0 saturated heterocycles. The molecule has 292 valence electrons. The summed E-state index contributed by atoms with van der Waals surface area (Å²) in [4.78, 5) is 16.8. The largest absolute Gasteiger partial charge is 0.497 e. The molecule has 8 bridgehead atoms. The summed E-state index contributed by atoms with van der Waals surface area (Å²) >= 11 is 0. The third-order valence-electron chi connectivity index (χ3n) is 10.3. The van der Waals surface area contributed by atoms with Gasteiger partial charge in [0.2, 0.25) is 5.82 Å². The lowest BCUT2D eigenvalue weighted by atomic mass is 10.0. The van der Waals surface area contributed by atoms with Gasteiger partial charge in [0.25, 0.3) is 0 Å². The first-order chi connectivity index (χ1) is 28.7. The fraction of sp³-hybridized carbons (Fsp3) is 0.0638. The smallest absolute Gasteiger partial charge is 0.200 e. The molecular weight excluding hydrogens is 764 g/mol. The molecule has 0 amide bonds. The second-order valence-corrected chi connectivity index (χ2v) is 13.6. The van der Waals surface area contributed by atoms with Crippen LogP contribution in [-0.4, -0.2) is 41.3 Å². The summed E-state index contributed by atoms with van der Waals surface area (Å²) in [6, 6.07) is 29.1. The van der Waals surface area contributed by atoms with Gasteiger partial charge >= 0.3 is 0 Å². The molecule has 7 aromatic rings. The molecule has 12 heteroatoms. The third kappa shape index (κ3) is 6.38. The first-order valence-electron chi connectivity index (χ1n) is 18.3. The number of benzene rings is 4. The maximum absolute atomic E-state index is 15.9. The molecule has 0 spiro atoms. The van der Waals surface area contributed by atoms with E-state index in [4.69, 9.17) is 24.2 Å². The van der Waals surface area contributed by atoms with E-state index in [0.717, 1.165) is 11.1 Å². The van der Waals surface area contributed by atoms with Gasteiger partial charge in [-0.1, -0.05) is 36.4 Å². The quantitative estimate of drug-likeness (QED) is 0.0953. The second kappa shape index (κ2) is 14.8. The van der Waals surface area contributed by atoms with Gasteiger partial charge in [0.05, 0.1) is 49.7 Å². The maximum atomic E-state index is 15.9. The summed E-state index contributed by atoms with van der Waals surface area (Å²) in [5.41, 5.74) is 5.97. The average Bonchev–Trinajstić information content (AvgIpc) is 4.12. The van der Waals surface area contributed by atoms with Crippen molar-refractivity contribution < 1.29 is 36.2 Å². The molecule has 5 heterocycles. The molecule has 2 N–H and O–H groups in total. The summed E-state index contributed by atoms with van der Waals surface area (Å²) in [6.45, 7) is 0. The molecule has 0 aliphatic carbocycles. The van der Waals surface area contributed by atoms with Crippen LogP contribution in [-0.2, 0) is 0 Å². The molecule has 0 fully saturated rings. The number of hydrogen-bond donors (Lipinski definition) is 2. The summed E-state index contributed by atoms with van der Waals surface area (Å²) in [5, 5.41) is 0. The van der Waals surface area contributed by atoms with Crippen LogP contribution in [0.15, 0.2) is 97.1 Å². The fourth-order valence-electron chi connectivity index (χ4n) is 7.48.